The Kier molecular flexibility index (Phi) is 4.73. The summed E-state index contributed by atoms with van der Waals surface area (Å²) in [5.74, 6) is 1.48. The van der Waals surface area contributed by atoms with Gasteiger partial charge in [0.1, 0.15) is 0 Å². The van der Waals surface area contributed by atoms with Gasteiger partial charge < -0.3 is 19.7 Å². The Morgan fingerprint density at radius 3 is 2.71 bits per heavy atom. The number of para-hydroxylation sites is 1. The number of nitrogens with one attached hydrogen (secondary N) is 1. The van der Waals surface area contributed by atoms with Gasteiger partial charge in [0.15, 0.2) is 11.5 Å². The number of carbonyl (C=O) groups is 1. The summed E-state index contributed by atoms with van der Waals surface area (Å²) >= 11 is 0. The van der Waals surface area contributed by atoms with Gasteiger partial charge in [-0.05, 0) is 32.4 Å². The molecule has 5 heteroatoms. The summed E-state index contributed by atoms with van der Waals surface area (Å²) in [5, 5.41) is 3.30. The van der Waals surface area contributed by atoms with Crippen LogP contribution in [0.4, 0.5) is 0 Å². The molecule has 0 radical (unpaired) electrons. The van der Waals surface area contributed by atoms with Crippen LogP contribution in [0.3, 0.4) is 0 Å². The first-order chi connectivity index (χ1) is 10.0. The molecule has 116 valence electrons. The maximum absolute atomic E-state index is 12.6. The number of hydrogen-bond donors (Lipinski definition) is 1. The molecule has 1 amide bonds. The zero-order chi connectivity index (χ0) is 15.5. The third-order valence-corrected chi connectivity index (χ3v) is 4.08. The minimum Gasteiger partial charge on any atom is -0.493 e. The van der Waals surface area contributed by atoms with Crippen LogP contribution in [0, 0.1) is 0 Å². The van der Waals surface area contributed by atoms with E-state index in [-0.39, 0.29) is 5.91 Å². The quantitative estimate of drug-likeness (QED) is 0.899. The molecule has 0 saturated carbocycles. The van der Waals surface area contributed by atoms with E-state index >= 15 is 0 Å². The van der Waals surface area contributed by atoms with Crippen molar-refractivity contribution in [2.24, 2.45) is 0 Å². The molecule has 0 bridgehead atoms. The number of rotatable bonds is 5. The fourth-order valence-electron chi connectivity index (χ4n) is 2.90. The molecule has 2 rings (SSSR count). The molecule has 1 unspecified atom stereocenters. The summed E-state index contributed by atoms with van der Waals surface area (Å²) < 4.78 is 10.7. The summed E-state index contributed by atoms with van der Waals surface area (Å²) in [6.07, 6.45) is 1.92. The number of benzene rings is 1. The molecule has 1 atom stereocenters. The van der Waals surface area contributed by atoms with Gasteiger partial charge in [-0.1, -0.05) is 12.1 Å². The second-order valence-electron chi connectivity index (χ2n) is 5.68. The first kappa shape index (κ1) is 15.6. The molecule has 1 aromatic rings. The number of hydrogen-bond acceptors (Lipinski definition) is 4. The second-order valence-corrected chi connectivity index (χ2v) is 5.68. The SMILES string of the molecule is COc1cccc(CN(C)C(=O)C2(C)CCCN2)c1OC. The lowest BCUT2D eigenvalue weighted by Crippen LogP contribution is -2.51. The molecule has 21 heavy (non-hydrogen) atoms. The number of nitrogens with zero attached hydrogens (tertiary/aromatic N) is 1. The van der Waals surface area contributed by atoms with Gasteiger partial charge in [0.05, 0.1) is 19.8 Å². The third kappa shape index (κ3) is 3.13. The van der Waals surface area contributed by atoms with Crippen molar-refractivity contribution in [2.45, 2.75) is 31.8 Å². The number of carbonyl (C=O) groups excluding carboxylic acids is 1. The summed E-state index contributed by atoms with van der Waals surface area (Å²) in [6, 6.07) is 5.71. The lowest BCUT2D eigenvalue weighted by atomic mass is 9.98. The van der Waals surface area contributed by atoms with E-state index in [0.717, 1.165) is 24.9 Å². The van der Waals surface area contributed by atoms with Gasteiger partial charge >= 0.3 is 0 Å². The van der Waals surface area contributed by atoms with Crippen molar-refractivity contribution in [3.63, 3.8) is 0 Å². The highest BCUT2D eigenvalue weighted by Crippen LogP contribution is 2.32. The second kappa shape index (κ2) is 6.35. The molecule has 1 N–H and O–H groups in total. The van der Waals surface area contributed by atoms with E-state index in [4.69, 9.17) is 9.47 Å². The van der Waals surface area contributed by atoms with E-state index in [1.54, 1.807) is 19.1 Å². The molecule has 5 nitrogen and oxygen atoms in total. The molecule has 1 aromatic carbocycles. The highest BCUT2D eigenvalue weighted by Gasteiger charge is 2.37. The van der Waals surface area contributed by atoms with Crippen LogP contribution in [0.1, 0.15) is 25.3 Å². The third-order valence-electron chi connectivity index (χ3n) is 4.08. The average Bonchev–Trinajstić information content (AvgIpc) is 2.94. The average molecular weight is 292 g/mol. The molecular formula is C16H24N2O3. The molecule has 1 heterocycles. The Labute approximate surface area is 126 Å². The van der Waals surface area contributed by atoms with Gasteiger partial charge in [-0.15, -0.1) is 0 Å². The summed E-state index contributed by atoms with van der Waals surface area (Å²) in [5.41, 5.74) is 0.496. The number of methoxy groups -OCH3 is 2. The minimum atomic E-state index is -0.444. The van der Waals surface area contributed by atoms with Crippen molar-refractivity contribution in [3.05, 3.63) is 23.8 Å². The Morgan fingerprint density at radius 1 is 1.38 bits per heavy atom. The Bertz CT molecular complexity index is 510. The molecule has 0 aromatic heterocycles. The van der Waals surface area contributed by atoms with E-state index in [9.17, 15) is 4.79 Å². The van der Waals surface area contributed by atoms with Gasteiger partial charge in [-0.3, -0.25) is 4.79 Å². The molecule has 0 spiro atoms. The monoisotopic (exact) mass is 292 g/mol. The number of ether oxygens (including phenoxy) is 2. The molecule has 1 aliphatic rings. The van der Waals surface area contributed by atoms with Crippen LogP contribution in [0.2, 0.25) is 0 Å². The van der Waals surface area contributed by atoms with Gasteiger partial charge in [0.2, 0.25) is 5.91 Å². The van der Waals surface area contributed by atoms with Crippen molar-refractivity contribution in [3.8, 4) is 11.5 Å². The standard InChI is InChI=1S/C16H24N2O3/c1-16(9-6-10-17-16)15(19)18(2)11-12-7-5-8-13(20-3)14(12)21-4/h5,7-8,17H,6,9-11H2,1-4H3. The Hall–Kier alpha value is -1.75. The Balaban J connectivity index is 2.16. The highest BCUT2D eigenvalue weighted by molar-refractivity contribution is 5.86. The largest absolute Gasteiger partial charge is 0.493 e. The fourth-order valence-corrected chi connectivity index (χ4v) is 2.90. The number of likely N-dealkylation sites (N-methyl/N-ethyl adjacent to an activating group) is 1. The zero-order valence-electron chi connectivity index (χ0n) is 13.2. The normalized spacial score (nSPS) is 21.1. The fraction of sp³-hybridized carbons (Fsp3) is 0.562. The van der Waals surface area contributed by atoms with Crippen molar-refractivity contribution in [1.29, 1.82) is 0 Å². The smallest absolute Gasteiger partial charge is 0.242 e. The van der Waals surface area contributed by atoms with Crippen molar-refractivity contribution in [1.82, 2.24) is 10.2 Å². The van der Waals surface area contributed by atoms with Gasteiger partial charge in [0, 0.05) is 19.2 Å². The van der Waals surface area contributed by atoms with Crippen molar-refractivity contribution in [2.75, 3.05) is 27.8 Å². The van der Waals surface area contributed by atoms with E-state index in [0.29, 0.717) is 18.0 Å². The van der Waals surface area contributed by atoms with Crippen LogP contribution in [0.15, 0.2) is 18.2 Å². The predicted molar refractivity (Wildman–Crippen MR) is 81.7 cm³/mol. The van der Waals surface area contributed by atoms with Crippen molar-refractivity contribution < 1.29 is 14.3 Å². The highest BCUT2D eigenvalue weighted by atomic mass is 16.5. The lowest BCUT2D eigenvalue weighted by Gasteiger charge is -2.29. The predicted octanol–water partition coefficient (Wildman–Crippen LogP) is 1.80. The Morgan fingerprint density at radius 2 is 2.14 bits per heavy atom. The number of amides is 1. The minimum absolute atomic E-state index is 0.116. The first-order valence-electron chi connectivity index (χ1n) is 7.22. The molecule has 1 saturated heterocycles. The maximum Gasteiger partial charge on any atom is 0.242 e. The zero-order valence-corrected chi connectivity index (χ0v) is 13.2. The first-order valence-corrected chi connectivity index (χ1v) is 7.22. The van der Waals surface area contributed by atoms with Crippen LogP contribution in [-0.2, 0) is 11.3 Å². The van der Waals surface area contributed by atoms with Gasteiger partial charge in [-0.25, -0.2) is 0 Å². The van der Waals surface area contributed by atoms with E-state index in [1.807, 2.05) is 32.2 Å². The van der Waals surface area contributed by atoms with Crippen molar-refractivity contribution >= 4 is 5.91 Å². The topological polar surface area (TPSA) is 50.8 Å². The van der Waals surface area contributed by atoms with E-state index < -0.39 is 5.54 Å². The van der Waals surface area contributed by atoms with Crippen LogP contribution in [0.25, 0.3) is 0 Å². The lowest BCUT2D eigenvalue weighted by molar-refractivity contribution is -0.136. The molecule has 1 fully saturated rings. The van der Waals surface area contributed by atoms with Crippen LogP contribution >= 0.6 is 0 Å². The van der Waals surface area contributed by atoms with E-state index in [1.165, 1.54) is 0 Å². The molecular weight excluding hydrogens is 268 g/mol. The summed E-state index contributed by atoms with van der Waals surface area (Å²) in [7, 11) is 5.05. The van der Waals surface area contributed by atoms with Crippen LogP contribution < -0.4 is 14.8 Å². The summed E-state index contributed by atoms with van der Waals surface area (Å²) in [4.78, 5) is 14.4. The van der Waals surface area contributed by atoms with Crippen LogP contribution in [-0.4, -0.2) is 44.2 Å². The van der Waals surface area contributed by atoms with Gasteiger partial charge in [-0.2, -0.15) is 0 Å². The molecule has 0 aliphatic carbocycles. The van der Waals surface area contributed by atoms with Crippen LogP contribution in [0.5, 0.6) is 11.5 Å². The van der Waals surface area contributed by atoms with E-state index in [2.05, 4.69) is 5.32 Å². The molecule has 1 aliphatic heterocycles. The van der Waals surface area contributed by atoms with Gasteiger partial charge in [0.25, 0.3) is 0 Å². The summed E-state index contributed by atoms with van der Waals surface area (Å²) in [6.45, 7) is 3.37. The maximum atomic E-state index is 12.6.